The van der Waals surface area contributed by atoms with Crippen molar-refractivity contribution in [3.63, 3.8) is 0 Å². The van der Waals surface area contributed by atoms with Gasteiger partial charge in [0.05, 0.1) is 5.56 Å². The Bertz CT molecular complexity index is 507. The van der Waals surface area contributed by atoms with Crippen LogP contribution in [0, 0.1) is 0 Å². The number of hydrogen-bond donors (Lipinski definition) is 0. The summed E-state index contributed by atoms with van der Waals surface area (Å²) in [4.78, 5) is 12.3. The van der Waals surface area contributed by atoms with E-state index in [1.165, 1.54) is 6.07 Å². The highest BCUT2D eigenvalue weighted by molar-refractivity contribution is 6.03. The van der Waals surface area contributed by atoms with Crippen LogP contribution < -0.4 is 4.74 Å². The molecule has 0 saturated heterocycles. The Kier molecular flexibility index (Phi) is 3.77. The third kappa shape index (κ3) is 2.52. The van der Waals surface area contributed by atoms with Crippen molar-refractivity contribution >= 4 is 5.78 Å². The number of halogens is 3. The minimum absolute atomic E-state index is 0.124. The van der Waals surface area contributed by atoms with Gasteiger partial charge in [-0.25, -0.2) is 0 Å². The van der Waals surface area contributed by atoms with Gasteiger partial charge in [0.2, 0.25) is 0 Å². The predicted molar refractivity (Wildman–Crippen MR) is 65.6 cm³/mol. The maximum absolute atomic E-state index is 12.6. The van der Waals surface area contributed by atoms with Crippen LogP contribution in [-0.4, -0.2) is 23.9 Å². The first-order chi connectivity index (χ1) is 9.33. The molecule has 6 heteroatoms. The van der Waals surface area contributed by atoms with E-state index in [4.69, 9.17) is 4.74 Å². The third-order valence-electron chi connectivity index (χ3n) is 3.63. The molecule has 0 bridgehead atoms. The molecule has 1 aromatic carbocycles. The summed E-state index contributed by atoms with van der Waals surface area (Å²) in [6.07, 6.45) is -6.08. The predicted octanol–water partition coefficient (Wildman–Crippen LogP) is 3.73. The molecule has 1 aromatic rings. The molecule has 110 valence electrons. The Hall–Kier alpha value is -1.56. The zero-order valence-electron chi connectivity index (χ0n) is 11.2. The number of ketones is 1. The zero-order chi connectivity index (χ0) is 15.0. The van der Waals surface area contributed by atoms with Crippen molar-refractivity contribution in [2.45, 2.75) is 44.8 Å². The maximum atomic E-state index is 12.6. The topological polar surface area (TPSA) is 35.5 Å². The van der Waals surface area contributed by atoms with E-state index in [2.05, 4.69) is 4.74 Å². The van der Waals surface area contributed by atoms with Crippen LogP contribution in [0.15, 0.2) is 24.3 Å². The van der Waals surface area contributed by atoms with Crippen LogP contribution in [0.4, 0.5) is 13.2 Å². The van der Waals surface area contributed by atoms with Gasteiger partial charge in [0.15, 0.2) is 11.9 Å². The van der Waals surface area contributed by atoms with Crippen LogP contribution in [-0.2, 0) is 4.74 Å². The van der Waals surface area contributed by atoms with Gasteiger partial charge in [-0.15, -0.1) is 13.2 Å². The van der Waals surface area contributed by atoms with Gasteiger partial charge in [-0.3, -0.25) is 9.53 Å². The van der Waals surface area contributed by atoms with E-state index in [0.29, 0.717) is 5.75 Å². The molecule has 1 aliphatic heterocycles. The molecule has 1 atom stereocenters. The molecule has 0 amide bonds. The lowest BCUT2D eigenvalue weighted by Crippen LogP contribution is -2.56. The maximum Gasteiger partial charge on any atom is 0.523 e. The van der Waals surface area contributed by atoms with E-state index >= 15 is 0 Å². The zero-order valence-corrected chi connectivity index (χ0v) is 11.2. The highest BCUT2D eigenvalue weighted by atomic mass is 19.4. The van der Waals surface area contributed by atoms with Crippen LogP contribution in [0.5, 0.6) is 5.75 Å². The molecule has 0 aromatic heterocycles. The summed E-state index contributed by atoms with van der Waals surface area (Å²) in [6, 6.07) is 6.28. The number of fused-ring (bicyclic) bond motifs is 1. The fourth-order valence-corrected chi connectivity index (χ4v) is 2.47. The number of rotatable bonds is 3. The quantitative estimate of drug-likeness (QED) is 0.850. The van der Waals surface area contributed by atoms with Crippen molar-refractivity contribution in [1.29, 1.82) is 0 Å². The molecule has 3 nitrogen and oxygen atoms in total. The van der Waals surface area contributed by atoms with Crippen LogP contribution in [0.3, 0.4) is 0 Å². The number of carbonyl (C=O) groups is 1. The minimum atomic E-state index is -4.88. The van der Waals surface area contributed by atoms with Gasteiger partial charge in [0.1, 0.15) is 11.4 Å². The van der Waals surface area contributed by atoms with Crippen molar-refractivity contribution in [1.82, 2.24) is 0 Å². The molecule has 20 heavy (non-hydrogen) atoms. The summed E-state index contributed by atoms with van der Waals surface area (Å²) in [6.45, 7) is 3.36. The van der Waals surface area contributed by atoms with Crippen molar-refractivity contribution in [2.75, 3.05) is 0 Å². The monoisotopic (exact) mass is 288 g/mol. The number of ether oxygens (including phenoxy) is 2. The molecule has 0 spiro atoms. The van der Waals surface area contributed by atoms with Gasteiger partial charge in [-0.2, -0.15) is 0 Å². The van der Waals surface area contributed by atoms with Crippen LogP contribution >= 0.6 is 0 Å². The van der Waals surface area contributed by atoms with Gasteiger partial charge in [0.25, 0.3) is 0 Å². The summed E-state index contributed by atoms with van der Waals surface area (Å²) >= 11 is 0. The molecule has 0 radical (unpaired) electrons. The molecule has 0 fully saturated rings. The van der Waals surface area contributed by atoms with Crippen molar-refractivity contribution < 1.29 is 27.4 Å². The highest BCUT2D eigenvalue weighted by Gasteiger charge is 2.52. The largest absolute Gasteiger partial charge is 0.523 e. The number of benzene rings is 1. The first-order valence-electron chi connectivity index (χ1n) is 6.40. The van der Waals surface area contributed by atoms with Crippen LogP contribution in [0.2, 0.25) is 0 Å². The molecular formula is C14H15F3O3. The van der Waals surface area contributed by atoms with E-state index in [1.807, 2.05) is 0 Å². The standard InChI is InChI=1S/C14H15F3O3/c1-3-13(4-2)12(20-14(15,16)17)11(18)9-7-5-6-8-10(9)19-13/h5-8,12H,3-4H2,1-2H3. The minimum Gasteiger partial charge on any atom is -0.483 e. The lowest BCUT2D eigenvalue weighted by Gasteiger charge is -2.42. The van der Waals surface area contributed by atoms with Gasteiger partial charge in [-0.05, 0) is 25.0 Å². The smallest absolute Gasteiger partial charge is 0.483 e. The van der Waals surface area contributed by atoms with Crippen LogP contribution in [0.1, 0.15) is 37.0 Å². The Labute approximate surface area is 114 Å². The molecule has 2 rings (SSSR count). The average molecular weight is 288 g/mol. The Morgan fingerprint density at radius 1 is 1.25 bits per heavy atom. The molecule has 1 unspecified atom stereocenters. The lowest BCUT2D eigenvalue weighted by molar-refractivity contribution is -0.350. The van der Waals surface area contributed by atoms with Crippen molar-refractivity contribution in [3.8, 4) is 5.75 Å². The molecule has 0 aliphatic carbocycles. The van der Waals surface area contributed by atoms with Gasteiger partial charge in [-0.1, -0.05) is 26.0 Å². The molecule has 1 aliphatic rings. The Morgan fingerprint density at radius 3 is 2.40 bits per heavy atom. The van der Waals surface area contributed by atoms with Crippen molar-refractivity contribution in [3.05, 3.63) is 29.8 Å². The first-order valence-corrected chi connectivity index (χ1v) is 6.40. The van der Waals surface area contributed by atoms with Gasteiger partial charge in [0, 0.05) is 0 Å². The Balaban J connectivity index is 2.49. The Morgan fingerprint density at radius 2 is 1.85 bits per heavy atom. The second-order valence-electron chi connectivity index (χ2n) is 4.68. The normalized spacial score (nSPS) is 21.2. The van der Waals surface area contributed by atoms with Crippen molar-refractivity contribution in [2.24, 2.45) is 0 Å². The fraction of sp³-hybridized carbons (Fsp3) is 0.500. The number of Topliss-reactive ketones (excluding diaryl/α,β-unsaturated/α-hetero) is 1. The number of para-hydroxylation sites is 1. The third-order valence-corrected chi connectivity index (χ3v) is 3.63. The fourth-order valence-electron chi connectivity index (χ4n) is 2.47. The number of hydrogen-bond acceptors (Lipinski definition) is 3. The van der Waals surface area contributed by atoms with Gasteiger partial charge < -0.3 is 4.74 Å². The van der Waals surface area contributed by atoms with E-state index < -0.39 is 23.9 Å². The van der Waals surface area contributed by atoms with E-state index in [-0.39, 0.29) is 18.4 Å². The first kappa shape index (κ1) is 14.8. The summed E-state index contributed by atoms with van der Waals surface area (Å²) < 4.78 is 47.5. The average Bonchev–Trinajstić information content (AvgIpc) is 2.41. The number of carbonyl (C=O) groups excluding carboxylic acids is 1. The van der Waals surface area contributed by atoms with Crippen LogP contribution in [0.25, 0.3) is 0 Å². The number of alkyl halides is 3. The second-order valence-corrected chi connectivity index (χ2v) is 4.68. The lowest BCUT2D eigenvalue weighted by atomic mass is 9.83. The molecular weight excluding hydrogens is 273 g/mol. The van der Waals surface area contributed by atoms with E-state index in [0.717, 1.165) is 0 Å². The molecule has 0 N–H and O–H groups in total. The molecule has 1 heterocycles. The summed E-state index contributed by atoms with van der Waals surface area (Å²) in [7, 11) is 0. The molecule has 0 saturated carbocycles. The second kappa shape index (κ2) is 5.09. The highest BCUT2D eigenvalue weighted by Crippen LogP contribution is 2.40. The van der Waals surface area contributed by atoms with E-state index in [9.17, 15) is 18.0 Å². The summed E-state index contributed by atoms with van der Waals surface area (Å²) in [5.41, 5.74) is -1.17. The van der Waals surface area contributed by atoms with E-state index in [1.54, 1.807) is 32.0 Å². The SMILES string of the molecule is CCC1(CC)Oc2ccccc2C(=O)C1OC(F)(F)F. The summed E-state index contributed by atoms with van der Waals surface area (Å²) in [5, 5.41) is 0. The van der Waals surface area contributed by atoms with Gasteiger partial charge >= 0.3 is 6.36 Å². The summed E-state index contributed by atoms with van der Waals surface area (Å²) in [5.74, 6) is -0.379.